The Morgan fingerprint density at radius 1 is 1.21 bits per heavy atom. The average molecular weight is 266 g/mol. The van der Waals surface area contributed by atoms with Crippen LogP contribution in [0.1, 0.15) is 66.2 Å². The maximum absolute atomic E-state index is 6.23. The van der Waals surface area contributed by atoms with Gasteiger partial charge < -0.3 is 5.73 Å². The van der Waals surface area contributed by atoms with Gasteiger partial charge in [-0.15, -0.1) is 0 Å². The van der Waals surface area contributed by atoms with Crippen LogP contribution in [0.3, 0.4) is 0 Å². The van der Waals surface area contributed by atoms with Gasteiger partial charge in [0.25, 0.3) is 0 Å². The highest BCUT2D eigenvalue weighted by Gasteiger charge is 2.39. The standard InChI is InChI=1S/C17H34N2/c1-13(2)11-17(8-5-6-9-17)12-19-10-7-16(18)14(3)15(19)4/h13-16H,5-12,18H2,1-4H3. The van der Waals surface area contributed by atoms with E-state index in [9.17, 15) is 0 Å². The summed E-state index contributed by atoms with van der Waals surface area (Å²) >= 11 is 0. The molecular formula is C17H34N2. The Balaban J connectivity index is 2.01. The number of likely N-dealkylation sites (tertiary alicyclic amines) is 1. The van der Waals surface area contributed by atoms with Crippen LogP contribution >= 0.6 is 0 Å². The third-order valence-electron chi connectivity index (χ3n) is 5.81. The van der Waals surface area contributed by atoms with Crippen LogP contribution in [0.4, 0.5) is 0 Å². The van der Waals surface area contributed by atoms with Crippen LogP contribution in [0, 0.1) is 17.3 Å². The summed E-state index contributed by atoms with van der Waals surface area (Å²) in [5.41, 5.74) is 6.84. The van der Waals surface area contributed by atoms with Crippen molar-refractivity contribution in [2.24, 2.45) is 23.0 Å². The number of rotatable bonds is 4. The summed E-state index contributed by atoms with van der Waals surface area (Å²) in [6.07, 6.45) is 8.40. The van der Waals surface area contributed by atoms with E-state index in [1.165, 1.54) is 51.6 Å². The van der Waals surface area contributed by atoms with E-state index < -0.39 is 0 Å². The van der Waals surface area contributed by atoms with Crippen molar-refractivity contribution in [1.29, 1.82) is 0 Å². The molecule has 0 bridgehead atoms. The smallest absolute Gasteiger partial charge is 0.0108 e. The van der Waals surface area contributed by atoms with Crippen LogP contribution in [0.25, 0.3) is 0 Å². The Hall–Kier alpha value is -0.0800. The molecule has 0 aromatic heterocycles. The van der Waals surface area contributed by atoms with E-state index in [0.717, 1.165) is 5.92 Å². The Bertz CT molecular complexity index is 281. The Morgan fingerprint density at radius 2 is 1.84 bits per heavy atom. The molecule has 0 spiro atoms. The first-order valence-corrected chi connectivity index (χ1v) is 8.43. The second-order valence-corrected chi connectivity index (χ2v) is 7.83. The van der Waals surface area contributed by atoms with Gasteiger partial charge in [-0.25, -0.2) is 0 Å². The van der Waals surface area contributed by atoms with Crippen LogP contribution in [-0.4, -0.2) is 30.1 Å². The number of nitrogens with two attached hydrogens (primary N) is 1. The topological polar surface area (TPSA) is 29.3 Å². The predicted molar refractivity (Wildman–Crippen MR) is 83.1 cm³/mol. The molecule has 0 aromatic carbocycles. The highest BCUT2D eigenvalue weighted by molar-refractivity contribution is 4.93. The quantitative estimate of drug-likeness (QED) is 0.841. The molecule has 3 atom stereocenters. The van der Waals surface area contributed by atoms with E-state index in [1.54, 1.807) is 0 Å². The normalized spacial score (nSPS) is 36.0. The number of hydrogen-bond donors (Lipinski definition) is 1. The molecule has 112 valence electrons. The molecule has 2 fully saturated rings. The molecule has 19 heavy (non-hydrogen) atoms. The Labute approximate surface area is 120 Å². The minimum atomic E-state index is 0.413. The molecular weight excluding hydrogens is 232 g/mol. The third-order valence-corrected chi connectivity index (χ3v) is 5.81. The predicted octanol–water partition coefficient (Wildman–Crippen LogP) is 3.65. The summed E-state index contributed by atoms with van der Waals surface area (Å²) in [7, 11) is 0. The van der Waals surface area contributed by atoms with Gasteiger partial charge in [-0.2, -0.15) is 0 Å². The van der Waals surface area contributed by atoms with Crippen molar-refractivity contribution in [3.05, 3.63) is 0 Å². The van der Waals surface area contributed by atoms with Crippen LogP contribution in [-0.2, 0) is 0 Å². The zero-order valence-corrected chi connectivity index (χ0v) is 13.5. The molecule has 0 radical (unpaired) electrons. The summed E-state index contributed by atoms with van der Waals surface area (Å²) in [4.78, 5) is 2.75. The molecule has 3 unspecified atom stereocenters. The van der Waals surface area contributed by atoms with Crippen molar-refractivity contribution in [2.75, 3.05) is 13.1 Å². The van der Waals surface area contributed by atoms with E-state index in [-0.39, 0.29) is 0 Å². The lowest BCUT2D eigenvalue weighted by atomic mass is 9.76. The fourth-order valence-corrected chi connectivity index (χ4v) is 4.54. The average Bonchev–Trinajstić information content (AvgIpc) is 2.78. The summed E-state index contributed by atoms with van der Waals surface area (Å²) < 4.78 is 0. The van der Waals surface area contributed by atoms with Gasteiger partial charge in [0.2, 0.25) is 0 Å². The second-order valence-electron chi connectivity index (χ2n) is 7.83. The summed E-state index contributed by atoms with van der Waals surface area (Å²) in [6, 6.07) is 1.07. The largest absolute Gasteiger partial charge is 0.327 e. The van der Waals surface area contributed by atoms with Gasteiger partial charge in [0.1, 0.15) is 0 Å². The highest BCUT2D eigenvalue weighted by atomic mass is 15.2. The van der Waals surface area contributed by atoms with E-state index in [1.807, 2.05) is 0 Å². The fourth-order valence-electron chi connectivity index (χ4n) is 4.54. The first-order valence-electron chi connectivity index (χ1n) is 8.43. The van der Waals surface area contributed by atoms with Crippen molar-refractivity contribution in [3.8, 4) is 0 Å². The van der Waals surface area contributed by atoms with Gasteiger partial charge in [-0.3, -0.25) is 4.90 Å². The van der Waals surface area contributed by atoms with E-state index >= 15 is 0 Å². The lowest BCUT2D eigenvalue weighted by Gasteiger charge is -2.46. The molecule has 0 amide bonds. The first kappa shape index (κ1) is 15.3. The lowest BCUT2D eigenvalue weighted by molar-refractivity contribution is 0.0425. The van der Waals surface area contributed by atoms with Gasteiger partial charge >= 0.3 is 0 Å². The molecule has 2 heteroatoms. The molecule has 2 nitrogen and oxygen atoms in total. The molecule has 0 aromatic rings. The maximum atomic E-state index is 6.23. The Kier molecular flexibility index (Phi) is 4.94. The second kappa shape index (κ2) is 6.13. The van der Waals surface area contributed by atoms with E-state index in [2.05, 4.69) is 32.6 Å². The molecule has 1 saturated heterocycles. The molecule has 1 aliphatic heterocycles. The zero-order valence-electron chi connectivity index (χ0n) is 13.5. The molecule has 2 aliphatic rings. The molecule has 2 N–H and O–H groups in total. The monoisotopic (exact) mass is 266 g/mol. The Morgan fingerprint density at radius 3 is 2.42 bits per heavy atom. The van der Waals surface area contributed by atoms with E-state index in [0.29, 0.717) is 23.4 Å². The SMILES string of the molecule is CC(C)CC1(CN2CCC(N)C(C)C2C)CCCC1. The van der Waals surface area contributed by atoms with Gasteiger partial charge in [0.15, 0.2) is 0 Å². The molecule has 1 aliphatic carbocycles. The van der Waals surface area contributed by atoms with Crippen molar-refractivity contribution in [3.63, 3.8) is 0 Å². The van der Waals surface area contributed by atoms with Gasteiger partial charge in [-0.05, 0) is 56.4 Å². The lowest BCUT2D eigenvalue weighted by Crippen LogP contribution is -2.54. The summed E-state index contributed by atoms with van der Waals surface area (Å²) in [6.45, 7) is 12.0. The summed E-state index contributed by atoms with van der Waals surface area (Å²) in [5.74, 6) is 1.48. The summed E-state index contributed by atoms with van der Waals surface area (Å²) in [5, 5.41) is 0. The van der Waals surface area contributed by atoms with Crippen molar-refractivity contribution >= 4 is 0 Å². The minimum Gasteiger partial charge on any atom is -0.327 e. The van der Waals surface area contributed by atoms with Crippen molar-refractivity contribution in [2.45, 2.75) is 78.3 Å². The van der Waals surface area contributed by atoms with Crippen LogP contribution < -0.4 is 5.73 Å². The molecule has 1 saturated carbocycles. The van der Waals surface area contributed by atoms with Crippen LogP contribution in [0.2, 0.25) is 0 Å². The van der Waals surface area contributed by atoms with Gasteiger partial charge in [0, 0.05) is 18.6 Å². The van der Waals surface area contributed by atoms with Gasteiger partial charge in [-0.1, -0.05) is 33.6 Å². The molecule has 2 rings (SSSR count). The van der Waals surface area contributed by atoms with E-state index in [4.69, 9.17) is 5.73 Å². The van der Waals surface area contributed by atoms with Crippen molar-refractivity contribution in [1.82, 2.24) is 4.90 Å². The highest BCUT2D eigenvalue weighted by Crippen LogP contribution is 2.44. The molecule has 1 heterocycles. The fraction of sp³-hybridized carbons (Fsp3) is 1.00. The third kappa shape index (κ3) is 3.52. The zero-order chi connectivity index (χ0) is 14.0. The number of hydrogen-bond acceptors (Lipinski definition) is 2. The first-order chi connectivity index (χ1) is 8.93. The minimum absolute atomic E-state index is 0.413. The van der Waals surface area contributed by atoms with Crippen LogP contribution in [0.15, 0.2) is 0 Å². The number of nitrogens with zero attached hydrogens (tertiary/aromatic N) is 1. The number of piperidine rings is 1. The van der Waals surface area contributed by atoms with Crippen molar-refractivity contribution < 1.29 is 0 Å². The maximum Gasteiger partial charge on any atom is 0.0108 e. The van der Waals surface area contributed by atoms with Gasteiger partial charge in [0.05, 0.1) is 0 Å². The van der Waals surface area contributed by atoms with Crippen LogP contribution in [0.5, 0.6) is 0 Å².